The molecule has 0 saturated carbocycles. The van der Waals surface area contributed by atoms with Gasteiger partial charge in [-0.25, -0.2) is 0 Å². The van der Waals surface area contributed by atoms with E-state index in [4.69, 9.17) is 0 Å². The molecule has 4 heteroatoms. The third kappa shape index (κ3) is 3.68. The first-order chi connectivity index (χ1) is 8.40. The molecule has 2 aromatic rings. The van der Waals surface area contributed by atoms with E-state index in [1.54, 1.807) is 11.3 Å². The number of rotatable bonds is 7. The quantitative estimate of drug-likeness (QED) is 0.740. The van der Waals surface area contributed by atoms with Crippen LogP contribution in [0.15, 0.2) is 23.6 Å². The molecule has 0 radical (unpaired) electrons. The van der Waals surface area contributed by atoms with Crippen LogP contribution in [0.1, 0.15) is 25.5 Å². The monoisotopic (exact) mass is 249 g/mol. The number of nitrogens with zero attached hydrogens (tertiary/aromatic N) is 1. The predicted octanol–water partition coefficient (Wildman–Crippen LogP) is 3.07. The van der Waals surface area contributed by atoms with Crippen molar-refractivity contribution in [2.75, 3.05) is 13.1 Å². The lowest BCUT2D eigenvalue weighted by molar-refractivity contribution is 0.635. The third-order valence-electron chi connectivity index (χ3n) is 2.63. The second kappa shape index (κ2) is 6.57. The SMILES string of the molecule is CCCNCCCc1cc(-c2cccs2)n[nH]1. The van der Waals surface area contributed by atoms with E-state index in [0.717, 1.165) is 31.6 Å². The molecule has 17 heavy (non-hydrogen) atoms. The van der Waals surface area contributed by atoms with Gasteiger partial charge in [0.1, 0.15) is 5.69 Å². The normalized spacial score (nSPS) is 10.9. The summed E-state index contributed by atoms with van der Waals surface area (Å²) < 4.78 is 0. The minimum atomic E-state index is 1.06. The van der Waals surface area contributed by atoms with Crippen molar-refractivity contribution in [2.45, 2.75) is 26.2 Å². The summed E-state index contributed by atoms with van der Waals surface area (Å²) >= 11 is 1.73. The van der Waals surface area contributed by atoms with Crippen LogP contribution in [-0.4, -0.2) is 23.3 Å². The molecule has 2 rings (SSSR count). The summed E-state index contributed by atoms with van der Waals surface area (Å²) in [6.45, 7) is 4.39. The van der Waals surface area contributed by atoms with Crippen LogP contribution in [0, 0.1) is 0 Å². The Morgan fingerprint density at radius 1 is 1.41 bits per heavy atom. The molecule has 0 aliphatic rings. The summed E-state index contributed by atoms with van der Waals surface area (Å²) in [6.07, 6.45) is 3.42. The summed E-state index contributed by atoms with van der Waals surface area (Å²) in [7, 11) is 0. The summed E-state index contributed by atoms with van der Waals surface area (Å²) in [5.74, 6) is 0. The maximum atomic E-state index is 4.34. The highest BCUT2D eigenvalue weighted by Gasteiger charge is 2.04. The number of aromatic nitrogens is 2. The first-order valence-corrected chi connectivity index (χ1v) is 7.07. The molecule has 3 nitrogen and oxygen atoms in total. The Morgan fingerprint density at radius 3 is 3.12 bits per heavy atom. The van der Waals surface area contributed by atoms with Crippen molar-refractivity contribution in [3.05, 3.63) is 29.3 Å². The van der Waals surface area contributed by atoms with Gasteiger partial charge >= 0.3 is 0 Å². The van der Waals surface area contributed by atoms with Crippen LogP contribution in [0.5, 0.6) is 0 Å². The number of aromatic amines is 1. The van der Waals surface area contributed by atoms with E-state index in [-0.39, 0.29) is 0 Å². The van der Waals surface area contributed by atoms with Crippen LogP contribution in [0.3, 0.4) is 0 Å². The van der Waals surface area contributed by atoms with Crippen molar-refractivity contribution in [1.29, 1.82) is 0 Å². The molecule has 0 amide bonds. The minimum absolute atomic E-state index is 1.06. The highest BCUT2D eigenvalue weighted by atomic mass is 32.1. The first-order valence-electron chi connectivity index (χ1n) is 6.19. The van der Waals surface area contributed by atoms with Gasteiger partial charge in [-0.2, -0.15) is 5.10 Å². The van der Waals surface area contributed by atoms with Gasteiger partial charge < -0.3 is 5.32 Å². The van der Waals surface area contributed by atoms with Gasteiger partial charge in [0.15, 0.2) is 0 Å². The van der Waals surface area contributed by atoms with Crippen molar-refractivity contribution >= 4 is 11.3 Å². The highest BCUT2D eigenvalue weighted by Crippen LogP contribution is 2.23. The summed E-state index contributed by atoms with van der Waals surface area (Å²) in [5.41, 5.74) is 2.29. The largest absolute Gasteiger partial charge is 0.317 e. The van der Waals surface area contributed by atoms with E-state index in [1.807, 2.05) is 0 Å². The van der Waals surface area contributed by atoms with Crippen LogP contribution in [0.4, 0.5) is 0 Å². The molecule has 0 aromatic carbocycles. The number of aryl methyl sites for hydroxylation is 1. The van der Waals surface area contributed by atoms with Crippen LogP contribution in [-0.2, 0) is 6.42 Å². The van der Waals surface area contributed by atoms with Crippen molar-refractivity contribution in [1.82, 2.24) is 15.5 Å². The lowest BCUT2D eigenvalue weighted by atomic mass is 10.2. The third-order valence-corrected chi connectivity index (χ3v) is 3.52. The topological polar surface area (TPSA) is 40.7 Å². The molecule has 0 spiro atoms. The predicted molar refractivity (Wildman–Crippen MR) is 73.4 cm³/mol. The van der Waals surface area contributed by atoms with Crippen molar-refractivity contribution in [2.24, 2.45) is 0 Å². The molecular weight excluding hydrogens is 230 g/mol. The Kier molecular flexibility index (Phi) is 4.76. The smallest absolute Gasteiger partial charge is 0.102 e. The van der Waals surface area contributed by atoms with Crippen LogP contribution < -0.4 is 5.32 Å². The molecule has 2 heterocycles. The van der Waals surface area contributed by atoms with E-state index in [0.29, 0.717) is 0 Å². The summed E-state index contributed by atoms with van der Waals surface area (Å²) in [4.78, 5) is 1.23. The Morgan fingerprint density at radius 2 is 2.35 bits per heavy atom. The fourth-order valence-corrected chi connectivity index (χ4v) is 2.43. The molecule has 0 unspecified atom stereocenters. The van der Waals surface area contributed by atoms with Gasteiger partial charge in [0.05, 0.1) is 4.88 Å². The minimum Gasteiger partial charge on any atom is -0.317 e. The average Bonchev–Trinajstić information content (AvgIpc) is 2.99. The van der Waals surface area contributed by atoms with Crippen molar-refractivity contribution in [3.8, 4) is 10.6 Å². The van der Waals surface area contributed by atoms with Gasteiger partial charge in [0.2, 0.25) is 0 Å². The zero-order valence-electron chi connectivity index (χ0n) is 10.2. The van der Waals surface area contributed by atoms with Crippen LogP contribution >= 0.6 is 11.3 Å². The van der Waals surface area contributed by atoms with Crippen molar-refractivity contribution < 1.29 is 0 Å². The van der Waals surface area contributed by atoms with Crippen LogP contribution in [0.25, 0.3) is 10.6 Å². The number of H-pyrrole nitrogens is 1. The molecule has 0 fully saturated rings. The van der Waals surface area contributed by atoms with Gasteiger partial charge in [0.25, 0.3) is 0 Å². The van der Waals surface area contributed by atoms with E-state index in [1.165, 1.54) is 17.0 Å². The number of thiophene rings is 1. The second-order valence-electron chi connectivity index (χ2n) is 4.11. The summed E-state index contributed by atoms with van der Waals surface area (Å²) in [5, 5.41) is 12.9. The molecule has 0 aliphatic carbocycles. The van der Waals surface area contributed by atoms with Gasteiger partial charge in [-0.15, -0.1) is 11.3 Å². The lowest BCUT2D eigenvalue weighted by Crippen LogP contribution is -2.16. The van der Waals surface area contributed by atoms with E-state index < -0.39 is 0 Å². The van der Waals surface area contributed by atoms with Gasteiger partial charge in [-0.1, -0.05) is 13.0 Å². The number of nitrogens with one attached hydrogen (secondary N) is 2. The van der Waals surface area contributed by atoms with Gasteiger partial charge in [-0.05, 0) is 49.9 Å². The van der Waals surface area contributed by atoms with Gasteiger partial charge in [-0.3, -0.25) is 5.10 Å². The van der Waals surface area contributed by atoms with E-state index in [9.17, 15) is 0 Å². The fourth-order valence-electron chi connectivity index (χ4n) is 1.75. The van der Waals surface area contributed by atoms with E-state index >= 15 is 0 Å². The molecule has 0 atom stereocenters. The second-order valence-corrected chi connectivity index (χ2v) is 5.06. The zero-order chi connectivity index (χ0) is 11.9. The Hall–Kier alpha value is -1.13. The van der Waals surface area contributed by atoms with Crippen molar-refractivity contribution in [3.63, 3.8) is 0 Å². The molecular formula is C13H19N3S. The zero-order valence-corrected chi connectivity index (χ0v) is 11.0. The lowest BCUT2D eigenvalue weighted by Gasteiger charge is -2.00. The summed E-state index contributed by atoms with van der Waals surface area (Å²) in [6, 6.07) is 6.32. The van der Waals surface area contributed by atoms with Crippen LogP contribution in [0.2, 0.25) is 0 Å². The van der Waals surface area contributed by atoms with Gasteiger partial charge in [0, 0.05) is 5.69 Å². The molecule has 0 aliphatic heterocycles. The highest BCUT2D eigenvalue weighted by molar-refractivity contribution is 7.13. The molecule has 2 N–H and O–H groups in total. The Labute approximate surface area is 106 Å². The molecule has 0 saturated heterocycles. The Bertz CT molecular complexity index is 420. The number of hydrogen-bond acceptors (Lipinski definition) is 3. The fraction of sp³-hybridized carbons (Fsp3) is 0.462. The maximum absolute atomic E-state index is 4.34. The standard InChI is InChI=1S/C13H19N3S/c1-2-7-14-8-3-5-11-10-12(16-15-11)13-6-4-9-17-13/h4,6,9-10,14H,2-3,5,7-8H2,1H3,(H,15,16). The van der Waals surface area contributed by atoms with E-state index in [2.05, 4.69) is 46.0 Å². The molecule has 0 bridgehead atoms. The number of hydrogen-bond donors (Lipinski definition) is 2. The Balaban J connectivity index is 1.79. The maximum Gasteiger partial charge on any atom is 0.102 e. The molecule has 2 aromatic heterocycles. The first kappa shape index (κ1) is 12.3. The molecule has 92 valence electrons. The average molecular weight is 249 g/mol.